The molecule has 0 heterocycles. The Bertz CT molecular complexity index is 464. The normalized spacial score (nSPS) is 22.5. The van der Waals surface area contributed by atoms with Crippen molar-refractivity contribution in [2.75, 3.05) is 20.8 Å². The zero-order chi connectivity index (χ0) is 15.9. The van der Waals surface area contributed by atoms with Crippen LogP contribution in [0.4, 0.5) is 0 Å². The lowest BCUT2D eigenvalue weighted by atomic mass is 10.0. The van der Waals surface area contributed by atoms with Crippen LogP contribution in [-0.2, 0) is 6.42 Å². The Hall–Kier alpha value is -1.26. The maximum Gasteiger partial charge on any atom is 0.160 e. The van der Waals surface area contributed by atoms with E-state index in [0.717, 1.165) is 50.1 Å². The number of methoxy groups -OCH3 is 2. The minimum atomic E-state index is -0.119. The fourth-order valence-corrected chi connectivity index (χ4v) is 3.23. The van der Waals surface area contributed by atoms with Gasteiger partial charge >= 0.3 is 0 Å². The van der Waals surface area contributed by atoms with Gasteiger partial charge in [-0.3, -0.25) is 0 Å². The van der Waals surface area contributed by atoms with E-state index in [2.05, 4.69) is 18.3 Å². The van der Waals surface area contributed by atoms with Crippen LogP contribution in [0, 0.1) is 5.92 Å². The fraction of sp³-hybridized carbons (Fsp3) is 0.667. The third-order valence-electron chi connectivity index (χ3n) is 4.71. The molecule has 0 aliphatic heterocycles. The predicted molar refractivity (Wildman–Crippen MR) is 88.7 cm³/mol. The molecule has 2 N–H and O–H groups in total. The third-order valence-corrected chi connectivity index (χ3v) is 4.71. The summed E-state index contributed by atoms with van der Waals surface area (Å²) in [6, 6.07) is 6.52. The first-order chi connectivity index (χ1) is 10.7. The maximum absolute atomic E-state index is 9.92. The molecule has 3 unspecified atom stereocenters. The lowest BCUT2D eigenvalue weighted by Gasteiger charge is -2.22. The standard InChI is InChI=1S/C18H29NO3/c1-4-15(19-12-14-6-5-7-16(14)20)10-13-8-9-17(21-2)18(11-13)22-3/h8-9,11,14-16,19-20H,4-7,10,12H2,1-3H3. The van der Waals surface area contributed by atoms with E-state index in [1.54, 1.807) is 14.2 Å². The molecule has 1 aromatic carbocycles. The van der Waals surface area contributed by atoms with E-state index >= 15 is 0 Å². The van der Waals surface area contributed by atoms with Gasteiger partial charge in [0, 0.05) is 12.6 Å². The summed E-state index contributed by atoms with van der Waals surface area (Å²) in [6.07, 6.45) is 5.16. The maximum atomic E-state index is 9.92. The largest absolute Gasteiger partial charge is 0.493 e. The molecule has 22 heavy (non-hydrogen) atoms. The zero-order valence-electron chi connectivity index (χ0n) is 14.0. The van der Waals surface area contributed by atoms with Gasteiger partial charge in [0.1, 0.15) is 0 Å². The highest BCUT2D eigenvalue weighted by Crippen LogP contribution is 2.28. The number of aliphatic hydroxyl groups is 1. The molecule has 1 aromatic rings. The smallest absolute Gasteiger partial charge is 0.160 e. The number of aliphatic hydroxyl groups excluding tert-OH is 1. The number of rotatable bonds is 8. The molecule has 1 fully saturated rings. The number of benzene rings is 1. The quantitative estimate of drug-likeness (QED) is 0.775. The molecule has 124 valence electrons. The molecule has 0 amide bonds. The van der Waals surface area contributed by atoms with E-state index in [4.69, 9.17) is 9.47 Å². The van der Waals surface area contributed by atoms with Crippen molar-refractivity contribution in [2.24, 2.45) is 5.92 Å². The number of ether oxygens (including phenoxy) is 2. The molecular formula is C18H29NO3. The van der Waals surface area contributed by atoms with E-state index in [9.17, 15) is 5.11 Å². The SMILES string of the molecule is CCC(Cc1ccc(OC)c(OC)c1)NCC1CCCC1O. The van der Waals surface area contributed by atoms with Gasteiger partial charge in [-0.15, -0.1) is 0 Å². The van der Waals surface area contributed by atoms with E-state index in [0.29, 0.717) is 12.0 Å². The Balaban J connectivity index is 1.91. The van der Waals surface area contributed by atoms with Gasteiger partial charge in [0.25, 0.3) is 0 Å². The zero-order valence-corrected chi connectivity index (χ0v) is 14.0. The molecule has 0 aromatic heterocycles. The van der Waals surface area contributed by atoms with Gasteiger partial charge in [0.05, 0.1) is 20.3 Å². The highest BCUT2D eigenvalue weighted by atomic mass is 16.5. The molecule has 4 heteroatoms. The average Bonchev–Trinajstić information content (AvgIpc) is 2.96. The van der Waals surface area contributed by atoms with Crippen LogP contribution in [-0.4, -0.2) is 38.0 Å². The molecule has 1 aliphatic carbocycles. The average molecular weight is 307 g/mol. The fourth-order valence-electron chi connectivity index (χ4n) is 3.23. The van der Waals surface area contributed by atoms with E-state index in [1.807, 2.05) is 12.1 Å². The van der Waals surface area contributed by atoms with Crippen molar-refractivity contribution in [2.45, 2.75) is 51.2 Å². The molecular weight excluding hydrogens is 278 g/mol. The Kier molecular flexibility index (Phi) is 6.52. The highest BCUT2D eigenvalue weighted by Gasteiger charge is 2.25. The first-order valence-electron chi connectivity index (χ1n) is 8.30. The summed E-state index contributed by atoms with van der Waals surface area (Å²) < 4.78 is 10.6. The molecule has 4 nitrogen and oxygen atoms in total. The topological polar surface area (TPSA) is 50.7 Å². The van der Waals surface area contributed by atoms with Gasteiger partial charge < -0.3 is 19.9 Å². The first-order valence-corrected chi connectivity index (χ1v) is 8.30. The van der Waals surface area contributed by atoms with Crippen molar-refractivity contribution >= 4 is 0 Å². The highest BCUT2D eigenvalue weighted by molar-refractivity contribution is 5.43. The second-order valence-electron chi connectivity index (χ2n) is 6.17. The summed E-state index contributed by atoms with van der Waals surface area (Å²) in [5, 5.41) is 13.5. The summed E-state index contributed by atoms with van der Waals surface area (Å²) in [6.45, 7) is 3.11. The molecule has 1 saturated carbocycles. The minimum Gasteiger partial charge on any atom is -0.493 e. The van der Waals surface area contributed by atoms with Gasteiger partial charge in [-0.25, -0.2) is 0 Å². The van der Waals surface area contributed by atoms with Gasteiger partial charge in [0.15, 0.2) is 11.5 Å². The van der Waals surface area contributed by atoms with Crippen LogP contribution in [0.2, 0.25) is 0 Å². The molecule has 0 radical (unpaired) electrons. The molecule has 0 bridgehead atoms. The summed E-state index contributed by atoms with van der Waals surface area (Å²) in [5.74, 6) is 1.96. The number of hydrogen-bond acceptors (Lipinski definition) is 4. The summed E-state index contributed by atoms with van der Waals surface area (Å²) >= 11 is 0. The Labute approximate surface area is 133 Å². The molecule has 0 saturated heterocycles. The monoisotopic (exact) mass is 307 g/mol. The van der Waals surface area contributed by atoms with Crippen LogP contribution in [0.5, 0.6) is 11.5 Å². The Morgan fingerprint density at radius 1 is 1.23 bits per heavy atom. The Morgan fingerprint density at radius 3 is 2.59 bits per heavy atom. The van der Waals surface area contributed by atoms with Gasteiger partial charge in [0.2, 0.25) is 0 Å². The van der Waals surface area contributed by atoms with E-state index in [1.165, 1.54) is 5.56 Å². The van der Waals surface area contributed by atoms with Crippen molar-refractivity contribution in [1.82, 2.24) is 5.32 Å². The van der Waals surface area contributed by atoms with Crippen LogP contribution in [0.25, 0.3) is 0 Å². The van der Waals surface area contributed by atoms with Crippen LogP contribution in [0.3, 0.4) is 0 Å². The van der Waals surface area contributed by atoms with Crippen molar-refractivity contribution in [1.29, 1.82) is 0 Å². The number of hydrogen-bond donors (Lipinski definition) is 2. The summed E-state index contributed by atoms with van der Waals surface area (Å²) in [4.78, 5) is 0. The van der Waals surface area contributed by atoms with Gasteiger partial charge in [-0.05, 0) is 49.3 Å². The van der Waals surface area contributed by atoms with Crippen molar-refractivity contribution in [3.05, 3.63) is 23.8 Å². The van der Waals surface area contributed by atoms with Gasteiger partial charge in [-0.1, -0.05) is 19.4 Å². The summed E-state index contributed by atoms with van der Waals surface area (Å²) in [5.41, 5.74) is 1.24. The molecule has 0 spiro atoms. The molecule has 2 rings (SSSR count). The predicted octanol–water partition coefficient (Wildman–Crippen LogP) is 2.78. The van der Waals surface area contributed by atoms with Crippen LogP contribution >= 0.6 is 0 Å². The first kappa shape index (κ1) is 17.1. The van der Waals surface area contributed by atoms with Crippen LogP contribution < -0.4 is 14.8 Å². The minimum absolute atomic E-state index is 0.119. The van der Waals surface area contributed by atoms with Crippen LogP contribution in [0.15, 0.2) is 18.2 Å². The Morgan fingerprint density at radius 2 is 2.00 bits per heavy atom. The summed E-state index contributed by atoms with van der Waals surface area (Å²) in [7, 11) is 3.32. The van der Waals surface area contributed by atoms with Crippen molar-refractivity contribution in [3.8, 4) is 11.5 Å². The van der Waals surface area contributed by atoms with E-state index in [-0.39, 0.29) is 6.10 Å². The van der Waals surface area contributed by atoms with E-state index < -0.39 is 0 Å². The second kappa shape index (κ2) is 8.39. The number of nitrogens with one attached hydrogen (secondary N) is 1. The van der Waals surface area contributed by atoms with Crippen LogP contribution in [0.1, 0.15) is 38.2 Å². The van der Waals surface area contributed by atoms with Crippen molar-refractivity contribution < 1.29 is 14.6 Å². The molecule has 1 aliphatic rings. The van der Waals surface area contributed by atoms with Crippen molar-refractivity contribution in [3.63, 3.8) is 0 Å². The lowest BCUT2D eigenvalue weighted by Crippen LogP contribution is -2.36. The van der Waals surface area contributed by atoms with Gasteiger partial charge in [-0.2, -0.15) is 0 Å². The third kappa shape index (κ3) is 4.37. The second-order valence-corrected chi connectivity index (χ2v) is 6.17. The lowest BCUT2D eigenvalue weighted by molar-refractivity contribution is 0.129. The molecule has 3 atom stereocenters.